The van der Waals surface area contributed by atoms with Crippen LogP contribution >= 0.6 is 0 Å². The number of hydrogen-bond acceptors (Lipinski definition) is 1. The van der Waals surface area contributed by atoms with Crippen LogP contribution in [0.5, 0.6) is 0 Å². The summed E-state index contributed by atoms with van der Waals surface area (Å²) >= 11 is 0. The summed E-state index contributed by atoms with van der Waals surface area (Å²) in [6.07, 6.45) is 21.6. The van der Waals surface area contributed by atoms with Crippen LogP contribution in [-0.2, 0) is 4.74 Å². The van der Waals surface area contributed by atoms with E-state index in [2.05, 4.69) is 37.8 Å². The first-order valence-corrected chi connectivity index (χ1v) is 7.44. The molecule has 0 N–H and O–H groups in total. The molecule has 102 valence electrons. The van der Waals surface area contributed by atoms with Crippen LogP contribution in [0, 0.1) is 0 Å². The molecule has 1 aliphatic heterocycles. The second-order valence-electron chi connectivity index (χ2n) is 4.96. The minimum absolute atomic E-state index is 0.510. The van der Waals surface area contributed by atoms with Crippen molar-refractivity contribution in [1.29, 1.82) is 0 Å². The van der Waals surface area contributed by atoms with Gasteiger partial charge >= 0.3 is 0 Å². The molecule has 0 amide bonds. The monoisotopic (exact) mass is 248 g/mol. The maximum atomic E-state index is 5.66. The molecule has 1 fully saturated rings. The Hall–Kier alpha value is -0.820. The van der Waals surface area contributed by atoms with Gasteiger partial charge in [-0.3, -0.25) is 0 Å². The van der Waals surface area contributed by atoms with Crippen molar-refractivity contribution in [3.8, 4) is 0 Å². The summed E-state index contributed by atoms with van der Waals surface area (Å²) in [6, 6.07) is 0. The Morgan fingerprint density at radius 3 is 2.61 bits per heavy atom. The van der Waals surface area contributed by atoms with Crippen LogP contribution in [0.25, 0.3) is 0 Å². The zero-order chi connectivity index (χ0) is 13.1. The second-order valence-corrected chi connectivity index (χ2v) is 4.96. The maximum absolute atomic E-state index is 5.66. The minimum Gasteiger partial charge on any atom is -0.369 e. The Morgan fingerprint density at radius 1 is 1.00 bits per heavy atom. The van der Waals surface area contributed by atoms with Gasteiger partial charge in [-0.05, 0) is 38.5 Å². The van der Waals surface area contributed by atoms with Gasteiger partial charge in [-0.15, -0.1) is 6.58 Å². The van der Waals surface area contributed by atoms with E-state index in [1.807, 2.05) is 6.08 Å². The molecule has 0 aliphatic carbocycles. The predicted octanol–water partition coefficient (Wildman–Crippen LogP) is 5.19. The average Bonchev–Trinajstić information content (AvgIpc) is 3.12. The van der Waals surface area contributed by atoms with Gasteiger partial charge in [0.25, 0.3) is 0 Å². The Balaban J connectivity index is 1.90. The van der Waals surface area contributed by atoms with Crippen molar-refractivity contribution >= 4 is 0 Å². The third kappa shape index (κ3) is 7.50. The highest BCUT2D eigenvalue weighted by Crippen LogP contribution is 2.30. The number of allylic oxidation sites excluding steroid dienone is 4. The molecule has 0 bridgehead atoms. The number of epoxide rings is 1. The van der Waals surface area contributed by atoms with Crippen molar-refractivity contribution in [2.24, 2.45) is 0 Å². The molecule has 0 aromatic heterocycles. The summed E-state index contributed by atoms with van der Waals surface area (Å²) in [5.74, 6) is 0. The zero-order valence-electron chi connectivity index (χ0n) is 11.8. The van der Waals surface area contributed by atoms with Crippen molar-refractivity contribution < 1.29 is 4.74 Å². The number of unbranched alkanes of at least 4 members (excludes halogenated alkanes) is 3. The molecular weight excluding hydrogens is 220 g/mol. The number of hydrogen-bond donors (Lipinski definition) is 0. The third-order valence-corrected chi connectivity index (χ3v) is 3.29. The molecule has 1 aliphatic rings. The molecule has 0 radical (unpaired) electrons. The topological polar surface area (TPSA) is 12.5 Å². The molecule has 0 aromatic rings. The smallest absolute Gasteiger partial charge is 0.0876 e. The summed E-state index contributed by atoms with van der Waals surface area (Å²) in [5.41, 5.74) is 0. The average molecular weight is 248 g/mol. The van der Waals surface area contributed by atoms with E-state index in [1.165, 1.54) is 25.7 Å². The summed E-state index contributed by atoms with van der Waals surface area (Å²) in [7, 11) is 0. The summed E-state index contributed by atoms with van der Waals surface area (Å²) in [5, 5.41) is 0. The van der Waals surface area contributed by atoms with Gasteiger partial charge < -0.3 is 4.74 Å². The molecule has 1 nitrogen and oxygen atoms in total. The van der Waals surface area contributed by atoms with Crippen LogP contribution in [0.3, 0.4) is 0 Å². The van der Waals surface area contributed by atoms with E-state index in [0.717, 1.165) is 25.7 Å². The van der Waals surface area contributed by atoms with E-state index < -0.39 is 0 Å². The number of ether oxygens (including phenoxy) is 1. The fourth-order valence-electron chi connectivity index (χ4n) is 2.12. The second kappa shape index (κ2) is 10.1. The standard InChI is InChI=1S/C17H28O/c1-3-5-7-9-11-13-15-17-16(18-17)14-12-10-8-6-4-2/h4-5,7,11,13,16-17H,2-3,6,8-10,12,14-15H2,1H3/t16-,17-/m0/s1. The predicted molar refractivity (Wildman–Crippen MR) is 79.7 cm³/mol. The van der Waals surface area contributed by atoms with Crippen molar-refractivity contribution in [3.63, 3.8) is 0 Å². The van der Waals surface area contributed by atoms with Crippen LogP contribution < -0.4 is 0 Å². The SMILES string of the molecule is C=CCCCCC[C@@H]1O[C@H]1CC=CCC=CCC. The maximum Gasteiger partial charge on any atom is 0.0876 e. The fourth-order valence-corrected chi connectivity index (χ4v) is 2.12. The first-order valence-electron chi connectivity index (χ1n) is 7.44. The third-order valence-electron chi connectivity index (χ3n) is 3.29. The van der Waals surface area contributed by atoms with Crippen LogP contribution in [0.2, 0.25) is 0 Å². The van der Waals surface area contributed by atoms with E-state index in [9.17, 15) is 0 Å². The summed E-state index contributed by atoms with van der Waals surface area (Å²) < 4.78 is 5.66. The molecule has 1 heteroatoms. The molecule has 0 aromatic carbocycles. The molecule has 1 heterocycles. The van der Waals surface area contributed by atoms with Gasteiger partial charge in [-0.2, -0.15) is 0 Å². The lowest BCUT2D eigenvalue weighted by atomic mass is 10.1. The molecule has 1 saturated heterocycles. The Kier molecular flexibility index (Phi) is 8.58. The molecule has 0 spiro atoms. The Labute approximate surface area is 113 Å². The lowest BCUT2D eigenvalue weighted by Crippen LogP contribution is -1.92. The molecule has 0 unspecified atom stereocenters. The summed E-state index contributed by atoms with van der Waals surface area (Å²) in [6.45, 7) is 5.91. The van der Waals surface area contributed by atoms with E-state index in [4.69, 9.17) is 4.74 Å². The molecule has 1 rings (SSSR count). The lowest BCUT2D eigenvalue weighted by molar-refractivity contribution is 0.359. The molecule has 18 heavy (non-hydrogen) atoms. The Bertz CT molecular complexity index is 265. The van der Waals surface area contributed by atoms with Crippen molar-refractivity contribution in [2.75, 3.05) is 0 Å². The van der Waals surface area contributed by atoms with Gasteiger partial charge in [0, 0.05) is 0 Å². The van der Waals surface area contributed by atoms with Crippen molar-refractivity contribution in [3.05, 3.63) is 37.0 Å². The van der Waals surface area contributed by atoms with E-state index in [-0.39, 0.29) is 0 Å². The summed E-state index contributed by atoms with van der Waals surface area (Å²) in [4.78, 5) is 0. The Morgan fingerprint density at radius 2 is 1.83 bits per heavy atom. The van der Waals surface area contributed by atoms with Gasteiger partial charge in [0.2, 0.25) is 0 Å². The minimum atomic E-state index is 0.510. The van der Waals surface area contributed by atoms with Crippen LogP contribution in [0.4, 0.5) is 0 Å². The fraction of sp³-hybridized carbons (Fsp3) is 0.647. The van der Waals surface area contributed by atoms with Gasteiger partial charge in [0.05, 0.1) is 12.2 Å². The van der Waals surface area contributed by atoms with Gasteiger partial charge in [0.1, 0.15) is 0 Å². The zero-order valence-corrected chi connectivity index (χ0v) is 11.8. The van der Waals surface area contributed by atoms with E-state index in [1.54, 1.807) is 0 Å². The van der Waals surface area contributed by atoms with Gasteiger partial charge in [-0.25, -0.2) is 0 Å². The van der Waals surface area contributed by atoms with Gasteiger partial charge in [-0.1, -0.05) is 50.1 Å². The quantitative estimate of drug-likeness (QED) is 0.278. The highest BCUT2D eigenvalue weighted by Gasteiger charge is 2.36. The van der Waals surface area contributed by atoms with Crippen LogP contribution in [-0.4, -0.2) is 12.2 Å². The first kappa shape index (κ1) is 15.2. The molecular formula is C17H28O. The lowest BCUT2D eigenvalue weighted by Gasteiger charge is -1.95. The normalized spacial score (nSPS) is 22.9. The highest BCUT2D eigenvalue weighted by molar-refractivity contribution is 4.97. The van der Waals surface area contributed by atoms with E-state index >= 15 is 0 Å². The largest absolute Gasteiger partial charge is 0.369 e. The van der Waals surface area contributed by atoms with Crippen molar-refractivity contribution in [1.82, 2.24) is 0 Å². The highest BCUT2D eigenvalue weighted by atomic mass is 16.6. The van der Waals surface area contributed by atoms with Crippen LogP contribution in [0.15, 0.2) is 37.0 Å². The van der Waals surface area contributed by atoms with Crippen LogP contribution in [0.1, 0.15) is 58.3 Å². The molecule has 2 atom stereocenters. The van der Waals surface area contributed by atoms with Gasteiger partial charge in [0.15, 0.2) is 0 Å². The van der Waals surface area contributed by atoms with E-state index in [0.29, 0.717) is 12.2 Å². The number of rotatable bonds is 11. The first-order chi connectivity index (χ1) is 8.88. The molecule has 0 saturated carbocycles. The van der Waals surface area contributed by atoms with Crippen molar-refractivity contribution in [2.45, 2.75) is 70.5 Å².